The van der Waals surface area contributed by atoms with Gasteiger partial charge >= 0.3 is 0 Å². The standard InChI is InChI=1S/C17H20N2O2S/c1-19(14-8-4-3-5-9-14)16-11-7-6-10-15(16)17(20)18-12-13-22(2)21/h3-11H,12-13H2,1-2H3,(H,18,20). The molecule has 0 saturated carbocycles. The molecule has 0 fully saturated rings. The molecule has 2 aromatic carbocycles. The van der Waals surface area contributed by atoms with Gasteiger partial charge in [0.15, 0.2) is 0 Å². The van der Waals surface area contributed by atoms with E-state index in [1.54, 1.807) is 12.3 Å². The number of amides is 1. The summed E-state index contributed by atoms with van der Waals surface area (Å²) in [7, 11) is 1.03. The molecule has 0 aliphatic rings. The summed E-state index contributed by atoms with van der Waals surface area (Å²) in [6.45, 7) is 0.408. The van der Waals surface area contributed by atoms with Crippen LogP contribution in [0.4, 0.5) is 11.4 Å². The molecular weight excluding hydrogens is 296 g/mol. The van der Waals surface area contributed by atoms with Gasteiger partial charge in [0.25, 0.3) is 5.91 Å². The minimum absolute atomic E-state index is 0.149. The quantitative estimate of drug-likeness (QED) is 0.891. The van der Waals surface area contributed by atoms with Crippen molar-refractivity contribution in [2.45, 2.75) is 0 Å². The first kappa shape index (κ1) is 16.2. The fourth-order valence-electron chi connectivity index (χ4n) is 2.15. The maximum atomic E-state index is 12.3. The molecule has 0 heterocycles. The second kappa shape index (κ2) is 7.75. The smallest absolute Gasteiger partial charge is 0.253 e. The third-order valence-corrected chi connectivity index (χ3v) is 4.11. The van der Waals surface area contributed by atoms with Crippen molar-refractivity contribution >= 4 is 28.1 Å². The van der Waals surface area contributed by atoms with E-state index in [-0.39, 0.29) is 5.91 Å². The fourth-order valence-corrected chi connectivity index (χ4v) is 2.54. The van der Waals surface area contributed by atoms with Crippen LogP contribution in [0.2, 0.25) is 0 Å². The van der Waals surface area contributed by atoms with Crippen LogP contribution < -0.4 is 10.2 Å². The first-order chi connectivity index (χ1) is 10.6. The highest BCUT2D eigenvalue weighted by Gasteiger charge is 2.14. The molecule has 0 aliphatic carbocycles. The SMILES string of the molecule is CN(c1ccccc1)c1ccccc1C(=O)NCCS(C)=O. The summed E-state index contributed by atoms with van der Waals surface area (Å²) in [5.74, 6) is 0.312. The van der Waals surface area contributed by atoms with Crippen LogP contribution in [0.1, 0.15) is 10.4 Å². The molecule has 0 saturated heterocycles. The van der Waals surface area contributed by atoms with E-state index in [0.29, 0.717) is 17.9 Å². The monoisotopic (exact) mass is 316 g/mol. The summed E-state index contributed by atoms with van der Waals surface area (Å²) in [5.41, 5.74) is 2.46. The zero-order valence-corrected chi connectivity index (χ0v) is 13.6. The van der Waals surface area contributed by atoms with Gasteiger partial charge in [-0.15, -0.1) is 0 Å². The van der Waals surface area contributed by atoms with Gasteiger partial charge in [-0.05, 0) is 24.3 Å². The number of hydrogen-bond donors (Lipinski definition) is 1. The van der Waals surface area contributed by atoms with Gasteiger partial charge in [0.2, 0.25) is 0 Å². The van der Waals surface area contributed by atoms with Crippen LogP contribution in [-0.4, -0.2) is 35.7 Å². The molecule has 2 aromatic rings. The lowest BCUT2D eigenvalue weighted by molar-refractivity contribution is 0.0957. The molecule has 0 bridgehead atoms. The van der Waals surface area contributed by atoms with Gasteiger partial charge in [0.1, 0.15) is 0 Å². The predicted molar refractivity (Wildman–Crippen MR) is 92.2 cm³/mol. The maximum absolute atomic E-state index is 12.3. The maximum Gasteiger partial charge on any atom is 0.253 e. The van der Waals surface area contributed by atoms with Crippen molar-refractivity contribution in [3.05, 3.63) is 60.2 Å². The van der Waals surface area contributed by atoms with Crippen LogP contribution in [0.3, 0.4) is 0 Å². The third-order valence-electron chi connectivity index (χ3n) is 3.33. The van der Waals surface area contributed by atoms with Gasteiger partial charge < -0.3 is 10.2 Å². The van der Waals surface area contributed by atoms with E-state index in [2.05, 4.69) is 5.32 Å². The molecule has 4 nitrogen and oxygen atoms in total. The number of hydrogen-bond acceptors (Lipinski definition) is 3. The number of rotatable bonds is 6. The Kier molecular flexibility index (Phi) is 5.72. The number of benzene rings is 2. The highest BCUT2D eigenvalue weighted by atomic mass is 32.2. The van der Waals surface area contributed by atoms with Gasteiger partial charge in [-0.2, -0.15) is 0 Å². The van der Waals surface area contributed by atoms with Crippen molar-refractivity contribution in [2.75, 3.05) is 30.5 Å². The molecule has 1 N–H and O–H groups in total. The van der Waals surface area contributed by atoms with E-state index >= 15 is 0 Å². The molecule has 22 heavy (non-hydrogen) atoms. The highest BCUT2D eigenvalue weighted by molar-refractivity contribution is 7.84. The average molecular weight is 316 g/mol. The van der Waals surface area contributed by atoms with E-state index in [9.17, 15) is 9.00 Å². The van der Waals surface area contributed by atoms with E-state index < -0.39 is 10.8 Å². The fraction of sp³-hybridized carbons (Fsp3) is 0.235. The van der Waals surface area contributed by atoms with Crippen LogP contribution >= 0.6 is 0 Å². The van der Waals surface area contributed by atoms with E-state index in [1.165, 1.54) is 0 Å². The molecule has 2 rings (SSSR count). The molecule has 0 aromatic heterocycles. The van der Waals surface area contributed by atoms with Crippen LogP contribution in [0, 0.1) is 0 Å². The molecule has 5 heteroatoms. The first-order valence-electron chi connectivity index (χ1n) is 7.05. The lowest BCUT2D eigenvalue weighted by atomic mass is 10.1. The Bertz CT molecular complexity index is 659. The number of carbonyl (C=O) groups is 1. The van der Waals surface area contributed by atoms with Gasteiger partial charge in [-0.1, -0.05) is 30.3 Å². The summed E-state index contributed by atoms with van der Waals surface area (Å²) in [5, 5.41) is 2.82. The van der Waals surface area contributed by atoms with Crippen molar-refractivity contribution in [2.24, 2.45) is 0 Å². The Morgan fingerprint density at radius 3 is 2.41 bits per heavy atom. The molecule has 0 aliphatic heterocycles. The van der Waals surface area contributed by atoms with E-state index in [0.717, 1.165) is 11.4 Å². The normalized spacial score (nSPS) is 11.7. The average Bonchev–Trinajstić information content (AvgIpc) is 2.54. The predicted octanol–water partition coefficient (Wildman–Crippen LogP) is 2.56. The van der Waals surface area contributed by atoms with Crippen LogP contribution in [0.5, 0.6) is 0 Å². The Morgan fingerprint density at radius 1 is 1.09 bits per heavy atom. The van der Waals surface area contributed by atoms with Gasteiger partial charge in [0, 0.05) is 42.1 Å². The summed E-state index contributed by atoms with van der Waals surface area (Å²) >= 11 is 0. The number of nitrogens with one attached hydrogen (secondary N) is 1. The molecule has 0 spiro atoms. The minimum atomic E-state index is -0.907. The molecule has 1 atom stereocenters. The number of nitrogens with zero attached hydrogens (tertiary/aromatic N) is 1. The van der Waals surface area contributed by atoms with Crippen molar-refractivity contribution in [1.29, 1.82) is 0 Å². The summed E-state index contributed by atoms with van der Waals surface area (Å²) in [6, 6.07) is 17.3. The number of anilines is 2. The second-order valence-corrected chi connectivity index (χ2v) is 6.50. The molecule has 1 unspecified atom stereocenters. The topological polar surface area (TPSA) is 49.4 Å². The second-order valence-electron chi connectivity index (χ2n) is 4.94. The summed E-state index contributed by atoms with van der Waals surface area (Å²) < 4.78 is 11.1. The Hall–Kier alpha value is -2.14. The molecule has 0 radical (unpaired) electrons. The summed E-state index contributed by atoms with van der Waals surface area (Å²) in [6.07, 6.45) is 1.63. The zero-order chi connectivity index (χ0) is 15.9. The van der Waals surface area contributed by atoms with Crippen molar-refractivity contribution in [1.82, 2.24) is 5.32 Å². The van der Waals surface area contributed by atoms with E-state index in [1.807, 2.05) is 60.5 Å². The highest BCUT2D eigenvalue weighted by Crippen LogP contribution is 2.26. The van der Waals surface area contributed by atoms with Crippen molar-refractivity contribution in [3.8, 4) is 0 Å². The minimum Gasteiger partial charge on any atom is -0.351 e. The van der Waals surface area contributed by atoms with E-state index in [4.69, 9.17) is 0 Å². The van der Waals surface area contributed by atoms with Gasteiger partial charge in [-0.3, -0.25) is 9.00 Å². The van der Waals surface area contributed by atoms with Crippen LogP contribution in [-0.2, 0) is 10.8 Å². The Morgan fingerprint density at radius 2 is 1.73 bits per heavy atom. The Labute approximate surface area is 133 Å². The zero-order valence-electron chi connectivity index (χ0n) is 12.8. The lowest BCUT2D eigenvalue weighted by Gasteiger charge is -2.22. The summed E-state index contributed by atoms with van der Waals surface area (Å²) in [4.78, 5) is 14.3. The van der Waals surface area contributed by atoms with Crippen LogP contribution in [0.25, 0.3) is 0 Å². The first-order valence-corrected chi connectivity index (χ1v) is 8.78. The van der Waals surface area contributed by atoms with Crippen molar-refractivity contribution < 1.29 is 9.00 Å². The molecular formula is C17H20N2O2S. The lowest BCUT2D eigenvalue weighted by Crippen LogP contribution is -2.29. The van der Waals surface area contributed by atoms with Crippen LogP contribution in [0.15, 0.2) is 54.6 Å². The number of para-hydroxylation sites is 2. The third kappa shape index (κ3) is 4.18. The molecule has 116 valence electrons. The Balaban J connectivity index is 2.19. The molecule has 1 amide bonds. The van der Waals surface area contributed by atoms with Gasteiger partial charge in [-0.25, -0.2) is 0 Å². The van der Waals surface area contributed by atoms with Crippen molar-refractivity contribution in [3.63, 3.8) is 0 Å². The van der Waals surface area contributed by atoms with Gasteiger partial charge in [0.05, 0.1) is 11.3 Å². The number of carbonyl (C=O) groups excluding carboxylic acids is 1. The largest absolute Gasteiger partial charge is 0.351 e.